The van der Waals surface area contributed by atoms with Crippen LogP contribution in [0.5, 0.6) is 0 Å². The van der Waals surface area contributed by atoms with Gasteiger partial charge in [0, 0.05) is 12.0 Å². The van der Waals surface area contributed by atoms with E-state index in [0.29, 0.717) is 11.3 Å². The molecule has 0 aromatic rings. The lowest BCUT2D eigenvalue weighted by molar-refractivity contribution is -0.138. The van der Waals surface area contributed by atoms with Gasteiger partial charge in [-0.2, -0.15) is 0 Å². The van der Waals surface area contributed by atoms with Crippen LogP contribution >= 0.6 is 0 Å². The summed E-state index contributed by atoms with van der Waals surface area (Å²) in [6.07, 6.45) is 5.08. The second kappa shape index (κ2) is 5.03. The molecule has 0 spiro atoms. The Morgan fingerprint density at radius 2 is 2.12 bits per heavy atom. The molecule has 0 amide bonds. The molecule has 1 aliphatic rings. The molecule has 0 N–H and O–H groups in total. The SMILES string of the molecule is C[C@H](C/C=C1/C[C@@H](C)OC1=O)CC(C)(C)C. The fourth-order valence-corrected chi connectivity index (χ4v) is 2.33. The molecule has 0 aliphatic carbocycles. The highest BCUT2D eigenvalue weighted by atomic mass is 16.5. The van der Waals surface area contributed by atoms with Crippen LogP contribution < -0.4 is 0 Å². The molecular formula is C14H24O2. The van der Waals surface area contributed by atoms with E-state index in [1.165, 1.54) is 6.42 Å². The monoisotopic (exact) mass is 224 g/mol. The largest absolute Gasteiger partial charge is 0.459 e. The van der Waals surface area contributed by atoms with Crippen molar-refractivity contribution in [3.05, 3.63) is 11.6 Å². The van der Waals surface area contributed by atoms with Crippen LogP contribution in [0, 0.1) is 11.3 Å². The van der Waals surface area contributed by atoms with E-state index in [1.54, 1.807) is 0 Å². The Bertz CT molecular complexity index is 284. The zero-order chi connectivity index (χ0) is 12.3. The number of rotatable bonds is 3. The minimum absolute atomic E-state index is 0.0664. The van der Waals surface area contributed by atoms with Crippen molar-refractivity contribution >= 4 is 5.97 Å². The Labute approximate surface area is 99.1 Å². The molecule has 2 nitrogen and oxygen atoms in total. The first-order chi connectivity index (χ1) is 7.28. The summed E-state index contributed by atoms with van der Waals surface area (Å²) in [5, 5.41) is 0. The third-order valence-corrected chi connectivity index (χ3v) is 2.81. The van der Waals surface area contributed by atoms with Gasteiger partial charge in [-0.3, -0.25) is 0 Å². The van der Waals surface area contributed by atoms with Crippen molar-refractivity contribution in [1.82, 2.24) is 0 Å². The van der Waals surface area contributed by atoms with Gasteiger partial charge >= 0.3 is 5.97 Å². The van der Waals surface area contributed by atoms with Crippen molar-refractivity contribution in [2.75, 3.05) is 0 Å². The summed E-state index contributed by atoms with van der Waals surface area (Å²) >= 11 is 0. The van der Waals surface area contributed by atoms with Crippen LogP contribution in [0.4, 0.5) is 0 Å². The van der Waals surface area contributed by atoms with Crippen LogP contribution in [-0.2, 0) is 9.53 Å². The number of esters is 1. The van der Waals surface area contributed by atoms with Crippen LogP contribution in [0.15, 0.2) is 11.6 Å². The van der Waals surface area contributed by atoms with E-state index in [2.05, 4.69) is 33.8 Å². The molecular weight excluding hydrogens is 200 g/mol. The summed E-state index contributed by atoms with van der Waals surface area (Å²) in [7, 11) is 0. The van der Waals surface area contributed by atoms with E-state index in [9.17, 15) is 4.79 Å². The predicted octanol–water partition coefficient (Wildman–Crippen LogP) is 3.71. The van der Waals surface area contributed by atoms with Gasteiger partial charge in [-0.05, 0) is 31.1 Å². The van der Waals surface area contributed by atoms with Gasteiger partial charge in [-0.15, -0.1) is 0 Å². The molecule has 1 heterocycles. The first-order valence-corrected chi connectivity index (χ1v) is 6.18. The number of hydrogen-bond acceptors (Lipinski definition) is 2. The smallest absolute Gasteiger partial charge is 0.334 e. The summed E-state index contributed by atoms with van der Waals surface area (Å²) in [5.74, 6) is 0.506. The number of carbonyl (C=O) groups is 1. The normalized spacial score (nSPS) is 25.9. The highest BCUT2D eigenvalue weighted by molar-refractivity contribution is 5.90. The van der Waals surface area contributed by atoms with Crippen molar-refractivity contribution in [3.8, 4) is 0 Å². The van der Waals surface area contributed by atoms with Gasteiger partial charge in [0.1, 0.15) is 6.10 Å². The van der Waals surface area contributed by atoms with Gasteiger partial charge in [-0.25, -0.2) is 4.79 Å². The summed E-state index contributed by atoms with van der Waals surface area (Å²) < 4.78 is 5.10. The van der Waals surface area contributed by atoms with E-state index in [1.807, 2.05) is 6.92 Å². The van der Waals surface area contributed by atoms with Crippen LogP contribution in [0.2, 0.25) is 0 Å². The molecule has 2 atom stereocenters. The second-order valence-corrected chi connectivity index (χ2v) is 6.26. The summed E-state index contributed by atoms with van der Waals surface area (Å²) in [4.78, 5) is 11.4. The maximum atomic E-state index is 11.4. The molecule has 92 valence electrons. The average Bonchev–Trinajstić information content (AvgIpc) is 2.38. The average molecular weight is 224 g/mol. The van der Waals surface area contributed by atoms with Crippen molar-refractivity contribution < 1.29 is 9.53 Å². The lowest BCUT2D eigenvalue weighted by Gasteiger charge is -2.22. The van der Waals surface area contributed by atoms with Gasteiger partial charge in [0.05, 0.1) is 0 Å². The molecule has 1 rings (SSSR count). The minimum atomic E-state index is -0.115. The van der Waals surface area contributed by atoms with Gasteiger partial charge in [-0.1, -0.05) is 33.8 Å². The number of cyclic esters (lactones) is 1. The Balaban J connectivity index is 2.44. The van der Waals surface area contributed by atoms with Gasteiger partial charge in [0.25, 0.3) is 0 Å². The molecule has 2 heteroatoms. The number of allylic oxidation sites excluding steroid dienone is 1. The molecule has 0 aromatic carbocycles. The van der Waals surface area contributed by atoms with Crippen molar-refractivity contribution in [2.45, 2.75) is 60.0 Å². The third-order valence-electron chi connectivity index (χ3n) is 2.81. The van der Waals surface area contributed by atoms with Gasteiger partial charge in [0.2, 0.25) is 0 Å². The second-order valence-electron chi connectivity index (χ2n) is 6.26. The van der Waals surface area contributed by atoms with E-state index in [-0.39, 0.29) is 12.1 Å². The Morgan fingerprint density at radius 3 is 2.56 bits per heavy atom. The maximum absolute atomic E-state index is 11.4. The standard InChI is InChI=1S/C14H24O2/c1-10(9-14(3,4)5)6-7-12-8-11(2)16-13(12)15/h7,10-11H,6,8-9H2,1-5H3/b12-7-/t10-,11-/m1/s1. The van der Waals surface area contributed by atoms with E-state index >= 15 is 0 Å². The van der Waals surface area contributed by atoms with Gasteiger partial charge < -0.3 is 4.74 Å². The van der Waals surface area contributed by atoms with E-state index in [4.69, 9.17) is 4.74 Å². The fraction of sp³-hybridized carbons (Fsp3) is 0.786. The topological polar surface area (TPSA) is 26.3 Å². The van der Waals surface area contributed by atoms with Crippen molar-refractivity contribution in [1.29, 1.82) is 0 Å². The summed E-state index contributed by atoms with van der Waals surface area (Å²) in [6.45, 7) is 10.9. The first-order valence-electron chi connectivity index (χ1n) is 6.18. The Morgan fingerprint density at radius 1 is 1.50 bits per heavy atom. The summed E-state index contributed by atoms with van der Waals surface area (Å²) in [6, 6.07) is 0. The Kier molecular flexibility index (Phi) is 4.17. The lowest BCUT2D eigenvalue weighted by Crippen LogP contribution is -2.10. The Hall–Kier alpha value is -0.790. The van der Waals surface area contributed by atoms with Crippen LogP contribution in [0.25, 0.3) is 0 Å². The quantitative estimate of drug-likeness (QED) is 0.539. The van der Waals surface area contributed by atoms with E-state index in [0.717, 1.165) is 18.4 Å². The van der Waals surface area contributed by atoms with Crippen LogP contribution in [0.1, 0.15) is 53.9 Å². The molecule has 0 unspecified atom stereocenters. The molecule has 1 saturated heterocycles. The molecule has 0 bridgehead atoms. The highest BCUT2D eigenvalue weighted by Gasteiger charge is 2.25. The molecule has 1 fully saturated rings. The summed E-state index contributed by atoms with van der Waals surface area (Å²) in [5.41, 5.74) is 1.23. The minimum Gasteiger partial charge on any atom is -0.459 e. The first kappa shape index (κ1) is 13.3. The van der Waals surface area contributed by atoms with E-state index < -0.39 is 0 Å². The maximum Gasteiger partial charge on any atom is 0.334 e. The van der Waals surface area contributed by atoms with Gasteiger partial charge in [0.15, 0.2) is 0 Å². The number of ether oxygens (including phenoxy) is 1. The molecule has 0 radical (unpaired) electrons. The molecule has 0 saturated carbocycles. The molecule has 1 aliphatic heterocycles. The van der Waals surface area contributed by atoms with Crippen LogP contribution in [-0.4, -0.2) is 12.1 Å². The number of hydrogen-bond donors (Lipinski definition) is 0. The lowest BCUT2D eigenvalue weighted by atomic mass is 9.84. The zero-order valence-corrected chi connectivity index (χ0v) is 11.2. The highest BCUT2D eigenvalue weighted by Crippen LogP contribution is 2.27. The molecule has 16 heavy (non-hydrogen) atoms. The molecule has 0 aromatic heterocycles. The van der Waals surface area contributed by atoms with Crippen molar-refractivity contribution in [2.24, 2.45) is 11.3 Å². The fourth-order valence-electron chi connectivity index (χ4n) is 2.33. The number of carbonyl (C=O) groups excluding carboxylic acids is 1. The zero-order valence-electron chi connectivity index (χ0n) is 11.2. The third kappa shape index (κ3) is 4.38. The van der Waals surface area contributed by atoms with Crippen LogP contribution in [0.3, 0.4) is 0 Å². The van der Waals surface area contributed by atoms with Crippen molar-refractivity contribution in [3.63, 3.8) is 0 Å². The predicted molar refractivity (Wildman–Crippen MR) is 66.1 cm³/mol.